The Morgan fingerprint density at radius 3 is 2.79 bits per heavy atom. The van der Waals surface area contributed by atoms with Gasteiger partial charge in [0.2, 0.25) is 0 Å². The van der Waals surface area contributed by atoms with Crippen LogP contribution in [0.5, 0.6) is 0 Å². The van der Waals surface area contributed by atoms with Crippen LogP contribution in [0.15, 0.2) is 16.9 Å². The molecular formula is C9H15N3O2. The highest BCUT2D eigenvalue weighted by molar-refractivity contribution is 5.92. The van der Waals surface area contributed by atoms with Gasteiger partial charge in [-0.2, -0.15) is 0 Å². The summed E-state index contributed by atoms with van der Waals surface area (Å²) < 4.78 is 4.60. The Balaban J connectivity index is 2.81. The molecule has 1 aromatic rings. The lowest BCUT2D eigenvalue weighted by Crippen LogP contribution is -2.50. The van der Waals surface area contributed by atoms with Gasteiger partial charge in [-0.3, -0.25) is 4.79 Å². The topological polar surface area (TPSA) is 72.4 Å². The van der Waals surface area contributed by atoms with Crippen LogP contribution in [0.4, 0.5) is 0 Å². The zero-order valence-electron chi connectivity index (χ0n) is 8.65. The highest BCUT2D eigenvalue weighted by atomic mass is 16.5. The SMILES string of the molecule is CN(C(=O)c1ccon1)C(C)(C)CN. The van der Waals surface area contributed by atoms with E-state index in [0.29, 0.717) is 12.2 Å². The third kappa shape index (κ3) is 1.93. The van der Waals surface area contributed by atoms with E-state index >= 15 is 0 Å². The number of aromatic nitrogens is 1. The van der Waals surface area contributed by atoms with Crippen LogP contribution in [0, 0.1) is 0 Å². The van der Waals surface area contributed by atoms with Crippen molar-refractivity contribution in [3.8, 4) is 0 Å². The number of nitrogens with two attached hydrogens (primary N) is 1. The number of hydrogen-bond donors (Lipinski definition) is 1. The van der Waals surface area contributed by atoms with Gasteiger partial charge in [-0.25, -0.2) is 0 Å². The van der Waals surface area contributed by atoms with E-state index in [-0.39, 0.29) is 11.4 Å². The van der Waals surface area contributed by atoms with Crippen LogP contribution in [-0.2, 0) is 0 Å². The molecule has 0 saturated carbocycles. The molecule has 0 atom stereocenters. The van der Waals surface area contributed by atoms with Gasteiger partial charge in [-0.15, -0.1) is 0 Å². The van der Waals surface area contributed by atoms with Crippen molar-refractivity contribution in [2.45, 2.75) is 19.4 Å². The average Bonchev–Trinajstić information content (AvgIpc) is 2.68. The van der Waals surface area contributed by atoms with Crippen molar-refractivity contribution in [1.82, 2.24) is 10.1 Å². The van der Waals surface area contributed by atoms with Gasteiger partial charge in [-0.05, 0) is 13.8 Å². The standard InChI is InChI=1S/C9H15N3O2/c1-9(2,6-10)12(3)8(13)7-4-5-14-11-7/h4-5H,6,10H2,1-3H3. The van der Waals surface area contributed by atoms with E-state index in [1.165, 1.54) is 12.3 Å². The van der Waals surface area contributed by atoms with Crippen LogP contribution >= 0.6 is 0 Å². The Hall–Kier alpha value is -1.36. The quantitative estimate of drug-likeness (QED) is 0.765. The van der Waals surface area contributed by atoms with Gasteiger partial charge in [0.1, 0.15) is 6.26 Å². The molecule has 0 fully saturated rings. The first-order valence-electron chi connectivity index (χ1n) is 4.37. The number of likely N-dealkylation sites (N-methyl/N-ethyl adjacent to an activating group) is 1. The minimum Gasteiger partial charge on any atom is -0.364 e. The first-order valence-corrected chi connectivity index (χ1v) is 4.37. The van der Waals surface area contributed by atoms with Gasteiger partial charge >= 0.3 is 0 Å². The van der Waals surface area contributed by atoms with Crippen molar-refractivity contribution in [3.05, 3.63) is 18.0 Å². The predicted octanol–water partition coefficient (Wildman–Crippen LogP) is 0.484. The summed E-state index contributed by atoms with van der Waals surface area (Å²) in [6.07, 6.45) is 1.37. The summed E-state index contributed by atoms with van der Waals surface area (Å²) >= 11 is 0. The summed E-state index contributed by atoms with van der Waals surface area (Å²) in [7, 11) is 1.70. The van der Waals surface area contributed by atoms with E-state index in [1.54, 1.807) is 11.9 Å². The molecule has 0 aliphatic rings. The smallest absolute Gasteiger partial charge is 0.276 e. The van der Waals surface area contributed by atoms with Crippen LogP contribution in [0.1, 0.15) is 24.3 Å². The molecule has 1 heterocycles. The monoisotopic (exact) mass is 197 g/mol. The maximum absolute atomic E-state index is 11.8. The fraction of sp³-hybridized carbons (Fsp3) is 0.556. The molecule has 5 nitrogen and oxygen atoms in total. The number of rotatable bonds is 3. The van der Waals surface area contributed by atoms with Crippen molar-refractivity contribution in [2.75, 3.05) is 13.6 Å². The number of carbonyl (C=O) groups excluding carboxylic acids is 1. The van der Waals surface area contributed by atoms with Crippen molar-refractivity contribution in [3.63, 3.8) is 0 Å². The molecule has 0 aliphatic heterocycles. The maximum Gasteiger partial charge on any atom is 0.276 e. The lowest BCUT2D eigenvalue weighted by Gasteiger charge is -2.33. The molecule has 1 rings (SSSR count). The Morgan fingerprint density at radius 2 is 2.36 bits per heavy atom. The van der Waals surface area contributed by atoms with E-state index in [9.17, 15) is 4.79 Å². The van der Waals surface area contributed by atoms with Crippen LogP contribution in [0.2, 0.25) is 0 Å². The summed E-state index contributed by atoms with van der Waals surface area (Å²) in [6.45, 7) is 4.18. The second kappa shape index (κ2) is 3.79. The number of hydrogen-bond acceptors (Lipinski definition) is 4. The summed E-state index contributed by atoms with van der Waals surface area (Å²) in [4.78, 5) is 13.3. The molecule has 0 radical (unpaired) electrons. The zero-order chi connectivity index (χ0) is 10.8. The molecule has 0 bridgehead atoms. The van der Waals surface area contributed by atoms with Crippen molar-refractivity contribution in [2.24, 2.45) is 5.73 Å². The molecule has 0 aromatic carbocycles. The molecule has 0 spiro atoms. The van der Waals surface area contributed by atoms with Gasteiger partial charge in [-0.1, -0.05) is 5.16 Å². The van der Waals surface area contributed by atoms with E-state index < -0.39 is 0 Å². The lowest BCUT2D eigenvalue weighted by molar-refractivity contribution is 0.0629. The molecular weight excluding hydrogens is 182 g/mol. The second-order valence-corrected chi connectivity index (χ2v) is 3.77. The molecule has 1 amide bonds. The number of carbonyl (C=O) groups is 1. The Kier molecular flexibility index (Phi) is 2.90. The third-order valence-electron chi connectivity index (χ3n) is 2.37. The van der Waals surface area contributed by atoms with E-state index in [1.807, 2.05) is 13.8 Å². The van der Waals surface area contributed by atoms with Gasteiger partial charge in [0.05, 0.1) is 0 Å². The minimum absolute atomic E-state index is 0.186. The molecule has 78 valence electrons. The molecule has 5 heteroatoms. The van der Waals surface area contributed by atoms with Gasteiger partial charge in [0, 0.05) is 25.2 Å². The summed E-state index contributed by atoms with van der Waals surface area (Å²) in [5, 5.41) is 3.58. The Morgan fingerprint density at radius 1 is 1.71 bits per heavy atom. The molecule has 14 heavy (non-hydrogen) atoms. The van der Waals surface area contributed by atoms with Crippen molar-refractivity contribution < 1.29 is 9.32 Å². The zero-order valence-corrected chi connectivity index (χ0v) is 8.65. The summed E-state index contributed by atoms with van der Waals surface area (Å²) in [5.41, 5.74) is 5.48. The lowest BCUT2D eigenvalue weighted by atomic mass is 10.0. The second-order valence-electron chi connectivity index (χ2n) is 3.77. The molecule has 0 unspecified atom stereocenters. The van der Waals surface area contributed by atoms with Crippen LogP contribution in [0.25, 0.3) is 0 Å². The highest BCUT2D eigenvalue weighted by Crippen LogP contribution is 2.13. The van der Waals surface area contributed by atoms with E-state index in [0.717, 1.165) is 0 Å². The van der Waals surface area contributed by atoms with Crippen molar-refractivity contribution in [1.29, 1.82) is 0 Å². The fourth-order valence-electron chi connectivity index (χ4n) is 0.907. The normalized spacial score (nSPS) is 11.4. The molecule has 0 saturated heterocycles. The number of amides is 1. The Bertz CT molecular complexity index is 306. The fourth-order valence-corrected chi connectivity index (χ4v) is 0.907. The summed E-state index contributed by atoms with van der Waals surface area (Å²) in [6, 6.07) is 1.53. The van der Waals surface area contributed by atoms with E-state index in [4.69, 9.17) is 5.73 Å². The first kappa shape index (κ1) is 10.7. The first-order chi connectivity index (χ1) is 6.49. The third-order valence-corrected chi connectivity index (χ3v) is 2.37. The summed E-state index contributed by atoms with van der Waals surface area (Å²) in [5.74, 6) is -0.186. The molecule has 0 aliphatic carbocycles. The van der Waals surface area contributed by atoms with Crippen molar-refractivity contribution >= 4 is 5.91 Å². The van der Waals surface area contributed by atoms with E-state index in [2.05, 4.69) is 9.68 Å². The van der Waals surface area contributed by atoms with Gasteiger partial charge < -0.3 is 15.2 Å². The Labute approximate surface area is 82.8 Å². The number of nitrogens with zero attached hydrogens (tertiary/aromatic N) is 2. The maximum atomic E-state index is 11.8. The predicted molar refractivity (Wildman–Crippen MR) is 51.7 cm³/mol. The van der Waals surface area contributed by atoms with Crippen LogP contribution in [-0.4, -0.2) is 35.1 Å². The molecule has 1 aromatic heterocycles. The average molecular weight is 197 g/mol. The van der Waals surface area contributed by atoms with Crippen LogP contribution in [0.3, 0.4) is 0 Å². The highest BCUT2D eigenvalue weighted by Gasteiger charge is 2.27. The van der Waals surface area contributed by atoms with Gasteiger partial charge in [0.15, 0.2) is 5.69 Å². The van der Waals surface area contributed by atoms with Crippen LogP contribution < -0.4 is 5.73 Å². The minimum atomic E-state index is -0.379. The van der Waals surface area contributed by atoms with Gasteiger partial charge in [0.25, 0.3) is 5.91 Å². The largest absolute Gasteiger partial charge is 0.364 e. The molecule has 2 N–H and O–H groups in total.